The van der Waals surface area contributed by atoms with Crippen molar-refractivity contribution in [3.8, 4) is 0 Å². The van der Waals surface area contributed by atoms with Crippen molar-refractivity contribution in [1.29, 1.82) is 0 Å². The molecule has 1 heterocycles. The van der Waals surface area contributed by atoms with E-state index >= 15 is 0 Å². The molecule has 19 heavy (non-hydrogen) atoms. The minimum Gasteiger partial charge on any atom is -0.382 e. The molecule has 0 radical (unpaired) electrons. The molecule has 0 amide bonds. The summed E-state index contributed by atoms with van der Waals surface area (Å²) in [5.74, 6) is 0. The van der Waals surface area contributed by atoms with Crippen molar-refractivity contribution >= 4 is 17.3 Å². The van der Waals surface area contributed by atoms with Gasteiger partial charge in [0, 0.05) is 44.6 Å². The first-order chi connectivity index (χ1) is 9.06. The van der Waals surface area contributed by atoms with Gasteiger partial charge in [-0.05, 0) is 39.4 Å². The van der Waals surface area contributed by atoms with Crippen LogP contribution in [0, 0.1) is 13.8 Å². The van der Waals surface area contributed by atoms with Crippen LogP contribution in [0.1, 0.15) is 30.3 Å². The minimum atomic E-state index is 0.680. The lowest BCUT2D eigenvalue weighted by Crippen LogP contribution is -2.35. The van der Waals surface area contributed by atoms with Crippen LogP contribution in [0.2, 0.25) is 0 Å². The molecule has 5 nitrogen and oxygen atoms in total. The predicted molar refractivity (Wildman–Crippen MR) is 81.2 cm³/mol. The number of aryl methyl sites for hydroxylation is 2. The maximum atomic E-state index is 5.26. The number of thiocarbonyl (C=S) groups is 1. The van der Waals surface area contributed by atoms with Gasteiger partial charge in [0.25, 0.3) is 0 Å². The second-order valence-electron chi connectivity index (χ2n) is 4.43. The average molecular weight is 284 g/mol. The molecule has 6 heteroatoms. The van der Waals surface area contributed by atoms with E-state index in [0.29, 0.717) is 11.7 Å². The lowest BCUT2D eigenvalue weighted by atomic mass is 10.2. The van der Waals surface area contributed by atoms with Gasteiger partial charge in [0.1, 0.15) is 0 Å². The first-order valence-electron chi connectivity index (χ1n) is 6.64. The summed E-state index contributed by atoms with van der Waals surface area (Å²) in [4.78, 5) is 0. The van der Waals surface area contributed by atoms with E-state index in [9.17, 15) is 0 Å². The monoisotopic (exact) mass is 284 g/mol. The second-order valence-corrected chi connectivity index (χ2v) is 4.84. The van der Waals surface area contributed by atoms with E-state index in [2.05, 4.69) is 22.7 Å². The summed E-state index contributed by atoms with van der Waals surface area (Å²) < 4.78 is 7.16. The van der Waals surface area contributed by atoms with Crippen molar-refractivity contribution in [1.82, 2.24) is 20.4 Å². The van der Waals surface area contributed by atoms with Gasteiger partial charge in [0.2, 0.25) is 0 Å². The Hall–Kier alpha value is -1.14. The van der Waals surface area contributed by atoms with Crippen LogP contribution in [0.4, 0.5) is 0 Å². The van der Waals surface area contributed by atoms with Crippen LogP contribution in [0.25, 0.3) is 0 Å². The zero-order chi connectivity index (χ0) is 14.3. The van der Waals surface area contributed by atoms with Crippen LogP contribution >= 0.6 is 12.2 Å². The molecule has 1 aromatic rings. The first kappa shape index (κ1) is 15.9. The highest BCUT2D eigenvalue weighted by atomic mass is 32.1. The molecule has 1 aromatic heterocycles. The van der Waals surface area contributed by atoms with E-state index in [-0.39, 0.29) is 0 Å². The molecule has 108 valence electrons. The van der Waals surface area contributed by atoms with Crippen molar-refractivity contribution in [2.24, 2.45) is 7.05 Å². The Kier molecular flexibility index (Phi) is 6.80. The van der Waals surface area contributed by atoms with E-state index in [1.54, 1.807) is 0 Å². The van der Waals surface area contributed by atoms with Gasteiger partial charge in [0.05, 0.1) is 5.69 Å². The zero-order valence-electron chi connectivity index (χ0n) is 12.2. The number of hydrogen-bond donors (Lipinski definition) is 2. The van der Waals surface area contributed by atoms with Gasteiger partial charge < -0.3 is 15.4 Å². The highest BCUT2D eigenvalue weighted by molar-refractivity contribution is 7.80. The van der Waals surface area contributed by atoms with Crippen LogP contribution in [0.15, 0.2) is 0 Å². The third kappa shape index (κ3) is 5.16. The molecule has 0 aliphatic heterocycles. The summed E-state index contributed by atoms with van der Waals surface area (Å²) in [6.45, 7) is 9.16. The molecule has 0 aliphatic carbocycles. The highest BCUT2D eigenvalue weighted by Crippen LogP contribution is 2.10. The molecular formula is C13H24N4OS. The van der Waals surface area contributed by atoms with Crippen molar-refractivity contribution in [2.45, 2.75) is 33.7 Å². The van der Waals surface area contributed by atoms with Gasteiger partial charge in [0.15, 0.2) is 5.11 Å². The van der Waals surface area contributed by atoms with E-state index < -0.39 is 0 Å². The Labute approximate surface area is 120 Å². The van der Waals surface area contributed by atoms with E-state index in [0.717, 1.165) is 31.9 Å². The number of nitrogens with one attached hydrogen (secondary N) is 2. The van der Waals surface area contributed by atoms with Crippen LogP contribution in [-0.4, -0.2) is 34.7 Å². The number of hydrogen-bond acceptors (Lipinski definition) is 3. The Morgan fingerprint density at radius 1 is 1.37 bits per heavy atom. The van der Waals surface area contributed by atoms with Crippen LogP contribution < -0.4 is 10.6 Å². The summed E-state index contributed by atoms with van der Waals surface area (Å²) in [5, 5.41) is 11.4. The van der Waals surface area contributed by atoms with Gasteiger partial charge in [-0.25, -0.2) is 0 Å². The van der Waals surface area contributed by atoms with Crippen molar-refractivity contribution in [3.05, 3.63) is 17.0 Å². The zero-order valence-corrected chi connectivity index (χ0v) is 13.1. The molecule has 0 unspecified atom stereocenters. The maximum absolute atomic E-state index is 5.26. The SMILES string of the molecule is CCOCCCNC(=S)NCc1c(C)nn(C)c1C. The lowest BCUT2D eigenvalue weighted by molar-refractivity contribution is 0.145. The third-order valence-electron chi connectivity index (χ3n) is 3.04. The van der Waals surface area contributed by atoms with E-state index in [1.165, 1.54) is 11.3 Å². The number of rotatable bonds is 7. The average Bonchev–Trinajstić information content (AvgIpc) is 2.61. The molecule has 0 aliphatic rings. The van der Waals surface area contributed by atoms with Crippen LogP contribution in [0.3, 0.4) is 0 Å². The van der Waals surface area contributed by atoms with Crippen LogP contribution in [0.5, 0.6) is 0 Å². The summed E-state index contributed by atoms with van der Waals surface area (Å²) in [6, 6.07) is 0. The standard InChI is InChI=1S/C13H24N4OS/c1-5-18-8-6-7-14-13(19)15-9-12-10(2)16-17(4)11(12)3/h5-9H2,1-4H3,(H2,14,15,19). The summed E-state index contributed by atoms with van der Waals surface area (Å²) in [5.41, 5.74) is 3.43. The lowest BCUT2D eigenvalue weighted by Gasteiger charge is -2.10. The molecule has 0 spiro atoms. The fourth-order valence-corrected chi connectivity index (χ4v) is 2.00. The first-order valence-corrected chi connectivity index (χ1v) is 7.05. The number of ether oxygens (including phenoxy) is 1. The fourth-order valence-electron chi connectivity index (χ4n) is 1.82. The Morgan fingerprint density at radius 3 is 2.68 bits per heavy atom. The van der Waals surface area contributed by atoms with Crippen molar-refractivity contribution < 1.29 is 4.74 Å². The van der Waals surface area contributed by atoms with Crippen molar-refractivity contribution in [2.75, 3.05) is 19.8 Å². The van der Waals surface area contributed by atoms with E-state index in [1.807, 2.05) is 25.6 Å². The topological polar surface area (TPSA) is 51.1 Å². The summed E-state index contributed by atoms with van der Waals surface area (Å²) >= 11 is 5.23. The Bertz CT molecular complexity index is 417. The van der Waals surface area contributed by atoms with Gasteiger partial charge in [-0.2, -0.15) is 5.10 Å². The quantitative estimate of drug-likeness (QED) is 0.586. The highest BCUT2D eigenvalue weighted by Gasteiger charge is 2.08. The predicted octanol–water partition coefficient (Wildman–Crippen LogP) is 1.43. The molecule has 0 fully saturated rings. The second kappa shape index (κ2) is 8.12. The minimum absolute atomic E-state index is 0.680. The normalized spacial score (nSPS) is 10.5. The van der Waals surface area contributed by atoms with E-state index in [4.69, 9.17) is 17.0 Å². The molecule has 0 bridgehead atoms. The molecule has 1 rings (SSSR count). The molecule has 0 saturated carbocycles. The molecule has 0 saturated heterocycles. The summed E-state index contributed by atoms with van der Waals surface area (Å²) in [7, 11) is 1.95. The van der Waals surface area contributed by atoms with Gasteiger partial charge >= 0.3 is 0 Å². The maximum Gasteiger partial charge on any atom is 0.166 e. The number of nitrogens with zero attached hydrogens (tertiary/aromatic N) is 2. The van der Waals surface area contributed by atoms with Gasteiger partial charge in [-0.1, -0.05) is 0 Å². The van der Waals surface area contributed by atoms with Gasteiger partial charge in [-0.3, -0.25) is 4.68 Å². The van der Waals surface area contributed by atoms with Gasteiger partial charge in [-0.15, -0.1) is 0 Å². The van der Waals surface area contributed by atoms with Crippen LogP contribution in [-0.2, 0) is 18.3 Å². The number of aromatic nitrogens is 2. The Balaban J connectivity index is 2.26. The molecule has 0 atom stereocenters. The summed E-state index contributed by atoms with van der Waals surface area (Å²) in [6.07, 6.45) is 0.959. The fraction of sp³-hybridized carbons (Fsp3) is 0.692. The molecular weight excluding hydrogens is 260 g/mol. The molecule has 2 N–H and O–H groups in total. The smallest absolute Gasteiger partial charge is 0.166 e. The third-order valence-corrected chi connectivity index (χ3v) is 3.33. The largest absolute Gasteiger partial charge is 0.382 e. The Morgan fingerprint density at radius 2 is 2.11 bits per heavy atom. The van der Waals surface area contributed by atoms with Crippen molar-refractivity contribution in [3.63, 3.8) is 0 Å². The molecule has 0 aromatic carbocycles.